The van der Waals surface area contributed by atoms with Crippen molar-refractivity contribution >= 4 is 22.7 Å². The van der Waals surface area contributed by atoms with Gasteiger partial charge in [-0.05, 0) is 66.1 Å². The van der Waals surface area contributed by atoms with E-state index in [0.717, 1.165) is 33.3 Å². The highest BCUT2D eigenvalue weighted by molar-refractivity contribution is 5.94. The van der Waals surface area contributed by atoms with Crippen LogP contribution < -0.4 is 10.1 Å². The van der Waals surface area contributed by atoms with Gasteiger partial charge in [0.05, 0.1) is 17.8 Å². The molecule has 1 aliphatic heterocycles. The molecule has 8 nitrogen and oxygen atoms in total. The lowest BCUT2D eigenvalue weighted by Crippen LogP contribution is -2.36. The van der Waals surface area contributed by atoms with Gasteiger partial charge in [-0.1, -0.05) is 30.3 Å². The Morgan fingerprint density at radius 3 is 2.50 bits per heavy atom. The Balaban J connectivity index is 1.11. The van der Waals surface area contributed by atoms with Crippen molar-refractivity contribution in [2.24, 2.45) is 0 Å². The molecule has 0 atom stereocenters. The van der Waals surface area contributed by atoms with Crippen molar-refractivity contribution < 1.29 is 14.3 Å². The van der Waals surface area contributed by atoms with Crippen LogP contribution in [0.3, 0.4) is 0 Å². The van der Waals surface area contributed by atoms with Crippen molar-refractivity contribution in [1.29, 1.82) is 0 Å². The molecule has 2 aromatic heterocycles. The summed E-state index contributed by atoms with van der Waals surface area (Å²) in [6.07, 6.45) is 4.37. The summed E-state index contributed by atoms with van der Waals surface area (Å²) in [6.45, 7) is 1.40. The number of nitrogens with one attached hydrogen (secondary N) is 1. The second-order valence-corrected chi connectivity index (χ2v) is 9.65. The van der Waals surface area contributed by atoms with Crippen molar-refractivity contribution in [3.63, 3.8) is 0 Å². The van der Waals surface area contributed by atoms with Gasteiger partial charge in [0.1, 0.15) is 12.4 Å². The Bertz CT molecular complexity index is 1700. The van der Waals surface area contributed by atoms with Crippen LogP contribution in [-0.2, 0) is 19.6 Å². The second-order valence-electron chi connectivity index (χ2n) is 9.65. The summed E-state index contributed by atoms with van der Waals surface area (Å²) >= 11 is 0. The first kappa shape index (κ1) is 25.2. The number of carbonyl (C=O) groups excluding carboxylic acids is 2. The molecule has 5 aromatic rings. The van der Waals surface area contributed by atoms with E-state index in [2.05, 4.69) is 15.3 Å². The van der Waals surface area contributed by atoms with Gasteiger partial charge in [-0.15, -0.1) is 0 Å². The van der Waals surface area contributed by atoms with Crippen LogP contribution in [0.2, 0.25) is 0 Å². The molecule has 0 bridgehead atoms. The normalized spacial score (nSPS) is 12.6. The number of aromatic nitrogens is 3. The monoisotopic (exact) mass is 529 g/mol. The number of carbonyl (C=O) groups is 2. The Kier molecular flexibility index (Phi) is 6.89. The summed E-state index contributed by atoms with van der Waals surface area (Å²) in [5.74, 6) is 1.11. The number of para-hydroxylation sites is 1. The number of hydrogen-bond acceptors (Lipinski definition) is 6. The van der Waals surface area contributed by atoms with Gasteiger partial charge in [-0.25, -0.2) is 9.97 Å². The number of fused-ring (bicyclic) bond motifs is 2. The van der Waals surface area contributed by atoms with Crippen molar-refractivity contribution in [3.05, 3.63) is 119 Å². The van der Waals surface area contributed by atoms with Gasteiger partial charge >= 0.3 is 0 Å². The molecule has 0 saturated carbocycles. The van der Waals surface area contributed by atoms with Crippen LogP contribution in [0.5, 0.6) is 5.75 Å². The lowest BCUT2D eigenvalue weighted by molar-refractivity contribution is 0.0731. The van der Waals surface area contributed by atoms with E-state index in [9.17, 15) is 9.59 Å². The van der Waals surface area contributed by atoms with Crippen LogP contribution in [0.4, 0.5) is 0 Å². The molecule has 3 aromatic carbocycles. The summed E-state index contributed by atoms with van der Waals surface area (Å²) in [5, 5.41) is 3.63. The van der Waals surface area contributed by atoms with E-state index in [0.29, 0.717) is 48.8 Å². The number of hydrogen-bond donors (Lipinski definition) is 1. The van der Waals surface area contributed by atoms with Crippen LogP contribution in [-0.4, -0.2) is 45.3 Å². The average Bonchev–Trinajstić information content (AvgIpc) is 3.02. The molecule has 40 heavy (non-hydrogen) atoms. The van der Waals surface area contributed by atoms with Crippen LogP contribution in [0.15, 0.2) is 91.3 Å². The van der Waals surface area contributed by atoms with E-state index < -0.39 is 0 Å². The molecule has 198 valence electrons. The summed E-state index contributed by atoms with van der Waals surface area (Å²) in [5.41, 5.74) is 5.85. The maximum atomic E-state index is 13.3. The van der Waals surface area contributed by atoms with E-state index in [1.807, 2.05) is 65.7 Å². The van der Waals surface area contributed by atoms with Crippen molar-refractivity contribution in [1.82, 2.24) is 25.2 Å². The summed E-state index contributed by atoms with van der Waals surface area (Å²) < 4.78 is 5.84. The van der Waals surface area contributed by atoms with Gasteiger partial charge in [0, 0.05) is 48.1 Å². The highest BCUT2D eigenvalue weighted by Gasteiger charge is 2.24. The van der Waals surface area contributed by atoms with Gasteiger partial charge in [0.25, 0.3) is 11.8 Å². The number of ether oxygens (including phenoxy) is 1. The van der Waals surface area contributed by atoms with Crippen LogP contribution in [0, 0.1) is 0 Å². The molecular formula is C32H27N5O3. The zero-order valence-corrected chi connectivity index (χ0v) is 22.0. The minimum absolute atomic E-state index is 0.0320. The molecule has 1 N–H and O–H groups in total. The van der Waals surface area contributed by atoms with Crippen molar-refractivity contribution in [2.45, 2.75) is 19.6 Å². The van der Waals surface area contributed by atoms with Gasteiger partial charge in [0.15, 0.2) is 5.82 Å². The Morgan fingerprint density at radius 1 is 0.925 bits per heavy atom. The number of amides is 2. The zero-order valence-electron chi connectivity index (χ0n) is 22.0. The molecule has 0 saturated heterocycles. The summed E-state index contributed by atoms with van der Waals surface area (Å²) in [7, 11) is 1.60. The van der Waals surface area contributed by atoms with Gasteiger partial charge in [0.2, 0.25) is 0 Å². The molecule has 0 fully saturated rings. The fourth-order valence-electron chi connectivity index (χ4n) is 4.75. The van der Waals surface area contributed by atoms with Crippen LogP contribution in [0.25, 0.3) is 22.3 Å². The Labute approximate surface area is 231 Å². The van der Waals surface area contributed by atoms with Crippen LogP contribution in [0.1, 0.15) is 37.5 Å². The minimum Gasteiger partial charge on any atom is -0.489 e. The van der Waals surface area contributed by atoms with E-state index in [1.54, 1.807) is 37.5 Å². The Morgan fingerprint density at radius 2 is 1.70 bits per heavy atom. The maximum Gasteiger partial charge on any atom is 0.254 e. The standard InChI is InChI=1S/C32H27N5O3/c1-33-31(38)22-10-12-27(13-11-22)40-20-21-6-8-23(9-7-21)32(39)37-15-14-25-17-35-30(36-29(25)19-37)26-16-24-4-2-3-5-28(24)34-18-26/h2-13,16-18H,14-15,19-20H2,1H3,(H,33,38). The fourth-order valence-corrected chi connectivity index (χ4v) is 4.75. The topological polar surface area (TPSA) is 97.3 Å². The van der Waals surface area contributed by atoms with Crippen molar-refractivity contribution in [2.75, 3.05) is 13.6 Å². The third-order valence-electron chi connectivity index (χ3n) is 7.03. The number of rotatable bonds is 6. The molecule has 6 rings (SSSR count). The molecule has 0 aliphatic carbocycles. The summed E-state index contributed by atoms with van der Waals surface area (Å²) in [4.78, 5) is 40.8. The number of nitrogens with zero attached hydrogens (tertiary/aromatic N) is 4. The quantitative estimate of drug-likeness (QED) is 0.339. The lowest BCUT2D eigenvalue weighted by Gasteiger charge is -2.28. The van der Waals surface area contributed by atoms with Gasteiger partial charge < -0.3 is 15.0 Å². The zero-order chi connectivity index (χ0) is 27.5. The highest BCUT2D eigenvalue weighted by atomic mass is 16.5. The predicted octanol–water partition coefficient (Wildman–Crippen LogP) is 4.83. The highest BCUT2D eigenvalue weighted by Crippen LogP contribution is 2.24. The molecule has 1 aliphatic rings. The first-order valence-electron chi connectivity index (χ1n) is 13.1. The number of pyridine rings is 1. The third kappa shape index (κ3) is 5.24. The second kappa shape index (κ2) is 10.9. The largest absolute Gasteiger partial charge is 0.489 e. The molecule has 8 heteroatoms. The predicted molar refractivity (Wildman–Crippen MR) is 152 cm³/mol. The van der Waals surface area contributed by atoms with Gasteiger partial charge in [-0.3, -0.25) is 14.6 Å². The maximum absolute atomic E-state index is 13.3. The molecular weight excluding hydrogens is 502 g/mol. The first-order valence-corrected chi connectivity index (χ1v) is 13.1. The third-order valence-corrected chi connectivity index (χ3v) is 7.03. The van der Waals surface area contributed by atoms with Gasteiger partial charge in [-0.2, -0.15) is 0 Å². The average molecular weight is 530 g/mol. The first-order chi connectivity index (χ1) is 19.6. The molecule has 2 amide bonds. The number of benzene rings is 3. The van der Waals surface area contributed by atoms with E-state index in [1.165, 1.54) is 0 Å². The molecule has 0 unspecified atom stereocenters. The Hall–Kier alpha value is -5.11. The lowest BCUT2D eigenvalue weighted by atomic mass is 10.0. The minimum atomic E-state index is -0.140. The smallest absolute Gasteiger partial charge is 0.254 e. The molecule has 3 heterocycles. The summed E-state index contributed by atoms with van der Waals surface area (Å²) in [6, 6.07) is 24.4. The van der Waals surface area contributed by atoms with Crippen LogP contribution >= 0.6 is 0 Å². The molecule has 0 radical (unpaired) electrons. The van der Waals surface area contributed by atoms with E-state index in [4.69, 9.17) is 9.72 Å². The SMILES string of the molecule is CNC(=O)c1ccc(OCc2ccc(C(=O)N3CCc4cnc(-c5cnc6ccccc6c5)nc4C3)cc2)cc1. The van der Waals surface area contributed by atoms with E-state index >= 15 is 0 Å². The fraction of sp³-hybridized carbons (Fsp3) is 0.156. The molecule has 0 spiro atoms. The van der Waals surface area contributed by atoms with E-state index in [-0.39, 0.29) is 11.8 Å². The van der Waals surface area contributed by atoms with Crippen molar-refractivity contribution in [3.8, 4) is 17.1 Å².